The fourth-order valence-electron chi connectivity index (χ4n) is 1.80. The van der Waals surface area contributed by atoms with Crippen LogP contribution in [-0.2, 0) is 9.59 Å². The molecule has 0 fully saturated rings. The predicted molar refractivity (Wildman–Crippen MR) is 90.9 cm³/mol. The first kappa shape index (κ1) is 19.2. The first-order valence-electron chi connectivity index (χ1n) is 7.39. The number of aryl methyl sites for hydroxylation is 1. The number of hydrogen-bond donors (Lipinski definition) is 3. The molecule has 3 N–H and O–H groups in total. The van der Waals surface area contributed by atoms with Crippen molar-refractivity contribution in [1.82, 2.24) is 5.32 Å². The molecule has 1 rings (SSSR count). The molecule has 128 valence electrons. The summed E-state index contributed by atoms with van der Waals surface area (Å²) < 4.78 is 0. The Morgan fingerprint density at radius 2 is 1.78 bits per heavy atom. The van der Waals surface area contributed by atoms with E-state index < -0.39 is 23.3 Å². The van der Waals surface area contributed by atoms with Crippen LogP contribution in [0.1, 0.15) is 49.9 Å². The number of thiophene rings is 1. The molecule has 0 aliphatic carbocycles. The van der Waals surface area contributed by atoms with E-state index in [4.69, 9.17) is 0 Å². The van der Waals surface area contributed by atoms with Crippen LogP contribution in [0.2, 0.25) is 0 Å². The van der Waals surface area contributed by atoms with Gasteiger partial charge >= 0.3 is 5.97 Å². The molecule has 1 aromatic rings. The first-order chi connectivity index (χ1) is 10.4. The van der Waals surface area contributed by atoms with E-state index in [0.29, 0.717) is 5.00 Å². The monoisotopic (exact) mass is 340 g/mol. The highest BCUT2D eigenvalue weighted by molar-refractivity contribution is 7.16. The summed E-state index contributed by atoms with van der Waals surface area (Å²) in [5, 5.41) is 14.9. The van der Waals surface area contributed by atoms with Crippen LogP contribution >= 0.6 is 11.3 Å². The number of rotatable bonds is 5. The van der Waals surface area contributed by atoms with Crippen molar-refractivity contribution in [2.24, 2.45) is 11.3 Å². The van der Waals surface area contributed by atoms with Crippen molar-refractivity contribution in [1.29, 1.82) is 0 Å². The number of nitrogens with one attached hydrogen (secondary N) is 2. The highest BCUT2D eigenvalue weighted by Gasteiger charge is 2.28. The van der Waals surface area contributed by atoms with Gasteiger partial charge in [-0.25, -0.2) is 4.79 Å². The summed E-state index contributed by atoms with van der Waals surface area (Å²) in [5.74, 6) is -2.03. The fraction of sp³-hybridized carbons (Fsp3) is 0.562. The number of aliphatic carboxylic acids is 1. The molecule has 0 bridgehead atoms. The van der Waals surface area contributed by atoms with E-state index in [0.717, 1.165) is 4.88 Å². The van der Waals surface area contributed by atoms with Gasteiger partial charge in [0.15, 0.2) is 0 Å². The van der Waals surface area contributed by atoms with Crippen LogP contribution in [-0.4, -0.2) is 28.9 Å². The molecule has 0 aromatic carbocycles. The number of hydrogen-bond acceptors (Lipinski definition) is 4. The van der Waals surface area contributed by atoms with E-state index in [2.05, 4.69) is 10.6 Å². The molecule has 1 aromatic heterocycles. The maximum atomic E-state index is 12.4. The third kappa shape index (κ3) is 5.06. The molecule has 0 spiro atoms. The Balaban J connectivity index is 3.02. The van der Waals surface area contributed by atoms with Crippen molar-refractivity contribution < 1.29 is 19.5 Å². The summed E-state index contributed by atoms with van der Waals surface area (Å²) in [7, 11) is 0. The number of carboxylic acids is 1. The van der Waals surface area contributed by atoms with Crippen molar-refractivity contribution >= 4 is 34.1 Å². The van der Waals surface area contributed by atoms with Crippen molar-refractivity contribution in [2.45, 2.75) is 47.6 Å². The average molecular weight is 340 g/mol. The van der Waals surface area contributed by atoms with Crippen LogP contribution in [0.15, 0.2) is 6.07 Å². The predicted octanol–water partition coefficient (Wildman–Crippen LogP) is 2.88. The zero-order valence-corrected chi connectivity index (χ0v) is 15.1. The van der Waals surface area contributed by atoms with Gasteiger partial charge in [-0.05, 0) is 18.9 Å². The van der Waals surface area contributed by atoms with Crippen molar-refractivity contribution in [3.63, 3.8) is 0 Å². The van der Waals surface area contributed by atoms with E-state index in [-0.39, 0.29) is 17.4 Å². The molecular formula is C16H24N2O4S. The molecule has 1 atom stereocenters. The van der Waals surface area contributed by atoms with E-state index >= 15 is 0 Å². The van der Waals surface area contributed by atoms with Gasteiger partial charge in [0.25, 0.3) is 5.91 Å². The van der Waals surface area contributed by atoms with Crippen molar-refractivity contribution in [3.8, 4) is 0 Å². The van der Waals surface area contributed by atoms with Crippen LogP contribution in [0.25, 0.3) is 0 Å². The van der Waals surface area contributed by atoms with E-state index in [1.54, 1.807) is 40.7 Å². The standard InChI is InChI=1S/C16H24N2O4S/c1-8(2)11(14(20)21)17-12(19)10-7-9(3)23-13(10)18-15(22)16(4,5)6/h7-8,11H,1-6H3,(H,17,19)(H,18,22)(H,20,21). The van der Waals surface area contributed by atoms with Crippen LogP contribution in [0, 0.1) is 18.3 Å². The molecule has 0 saturated carbocycles. The lowest BCUT2D eigenvalue weighted by molar-refractivity contribution is -0.140. The number of carboxylic acid groups (broad SMARTS) is 1. The van der Waals surface area contributed by atoms with Gasteiger partial charge < -0.3 is 15.7 Å². The zero-order chi connectivity index (χ0) is 17.9. The van der Waals surface area contributed by atoms with Gasteiger partial charge in [-0.1, -0.05) is 34.6 Å². The SMILES string of the molecule is Cc1cc(C(=O)NC(C(=O)O)C(C)C)c(NC(=O)C(C)(C)C)s1. The van der Waals surface area contributed by atoms with Crippen LogP contribution in [0.4, 0.5) is 5.00 Å². The summed E-state index contributed by atoms with van der Waals surface area (Å²) in [6, 6.07) is 0.672. The average Bonchev–Trinajstić information content (AvgIpc) is 2.74. The normalized spacial score (nSPS) is 12.8. The maximum Gasteiger partial charge on any atom is 0.326 e. The highest BCUT2D eigenvalue weighted by atomic mass is 32.1. The zero-order valence-electron chi connectivity index (χ0n) is 14.3. The van der Waals surface area contributed by atoms with Crippen LogP contribution < -0.4 is 10.6 Å². The lowest BCUT2D eigenvalue weighted by Gasteiger charge is -2.19. The minimum Gasteiger partial charge on any atom is -0.480 e. The van der Waals surface area contributed by atoms with Gasteiger partial charge in [0.2, 0.25) is 5.91 Å². The lowest BCUT2D eigenvalue weighted by atomic mass is 9.96. The Bertz CT molecular complexity index is 614. The summed E-state index contributed by atoms with van der Waals surface area (Å²) in [4.78, 5) is 36.6. The molecule has 2 amide bonds. The first-order valence-corrected chi connectivity index (χ1v) is 8.20. The van der Waals surface area contributed by atoms with Gasteiger partial charge in [-0.2, -0.15) is 0 Å². The summed E-state index contributed by atoms with van der Waals surface area (Å²) in [6.07, 6.45) is 0. The minimum atomic E-state index is -1.08. The maximum absolute atomic E-state index is 12.4. The smallest absolute Gasteiger partial charge is 0.326 e. The lowest BCUT2D eigenvalue weighted by Crippen LogP contribution is -2.44. The molecular weight excluding hydrogens is 316 g/mol. The second-order valence-corrected chi connectivity index (χ2v) is 8.09. The Labute approximate surface area is 140 Å². The molecule has 23 heavy (non-hydrogen) atoms. The Morgan fingerprint density at radius 1 is 1.22 bits per heavy atom. The number of carbonyl (C=O) groups is 3. The second-order valence-electron chi connectivity index (χ2n) is 6.84. The summed E-state index contributed by atoms with van der Waals surface area (Å²) in [6.45, 7) is 10.6. The van der Waals surface area contributed by atoms with Gasteiger partial charge in [0.1, 0.15) is 11.0 Å². The van der Waals surface area contributed by atoms with Crippen molar-refractivity contribution in [3.05, 3.63) is 16.5 Å². The summed E-state index contributed by atoms with van der Waals surface area (Å²) in [5.41, 5.74) is -0.301. The van der Waals surface area contributed by atoms with Crippen LogP contribution in [0.5, 0.6) is 0 Å². The quantitative estimate of drug-likeness (QED) is 0.768. The van der Waals surface area contributed by atoms with Gasteiger partial charge in [0, 0.05) is 10.3 Å². The molecule has 6 nitrogen and oxygen atoms in total. The largest absolute Gasteiger partial charge is 0.480 e. The molecule has 0 saturated heterocycles. The van der Waals surface area contributed by atoms with E-state index in [9.17, 15) is 19.5 Å². The number of anilines is 1. The van der Waals surface area contributed by atoms with Gasteiger partial charge in [0.05, 0.1) is 5.56 Å². The van der Waals surface area contributed by atoms with Crippen molar-refractivity contribution in [2.75, 3.05) is 5.32 Å². The summed E-state index contributed by atoms with van der Waals surface area (Å²) >= 11 is 1.29. The Morgan fingerprint density at radius 3 is 2.22 bits per heavy atom. The third-order valence-corrected chi connectivity index (χ3v) is 4.19. The molecule has 1 unspecified atom stereocenters. The molecule has 7 heteroatoms. The van der Waals surface area contributed by atoms with Crippen LogP contribution in [0.3, 0.4) is 0 Å². The molecule has 0 aliphatic rings. The minimum absolute atomic E-state index is 0.202. The molecule has 0 radical (unpaired) electrons. The fourth-order valence-corrected chi connectivity index (χ4v) is 2.70. The van der Waals surface area contributed by atoms with Gasteiger partial charge in [-0.15, -0.1) is 11.3 Å². The number of amides is 2. The molecule has 1 heterocycles. The second kappa shape index (κ2) is 7.12. The number of carbonyl (C=O) groups excluding carboxylic acids is 2. The topological polar surface area (TPSA) is 95.5 Å². The Kier molecular flexibility index (Phi) is 5.93. The van der Waals surface area contributed by atoms with E-state index in [1.165, 1.54) is 11.3 Å². The third-order valence-electron chi connectivity index (χ3n) is 3.23. The highest BCUT2D eigenvalue weighted by Crippen LogP contribution is 2.29. The molecule has 0 aliphatic heterocycles. The van der Waals surface area contributed by atoms with Gasteiger partial charge in [-0.3, -0.25) is 9.59 Å². The Hall–Kier alpha value is -1.89. The van der Waals surface area contributed by atoms with E-state index in [1.807, 2.05) is 6.92 Å².